The number of hydrogen-bond acceptors (Lipinski definition) is 8. The van der Waals surface area contributed by atoms with Gasteiger partial charge >= 0.3 is 5.97 Å². The van der Waals surface area contributed by atoms with Crippen LogP contribution in [0.2, 0.25) is 0 Å². The fourth-order valence-corrected chi connectivity index (χ4v) is 4.86. The van der Waals surface area contributed by atoms with E-state index in [1.54, 1.807) is 31.2 Å². The van der Waals surface area contributed by atoms with E-state index >= 15 is 0 Å². The maximum Gasteiger partial charge on any atom is 0.348 e. The SMILES string of the molecule is CCOC(=O)c1sc2nc(CSc3ccccc3)nc(NCc3cnc[nH]3)c2c1C. The zero-order valence-corrected chi connectivity index (χ0v) is 18.3. The zero-order chi connectivity index (χ0) is 20.9. The summed E-state index contributed by atoms with van der Waals surface area (Å²) in [6.07, 6.45) is 3.41. The summed E-state index contributed by atoms with van der Waals surface area (Å²) in [5.41, 5.74) is 1.78. The summed E-state index contributed by atoms with van der Waals surface area (Å²) < 4.78 is 5.22. The van der Waals surface area contributed by atoms with E-state index in [0.29, 0.717) is 35.4 Å². The van der Waals surface area contributed by atoms with Crippen LogP contribution < -0.4 is 5.32 Å². The van der Waals surface area contributed by atoms with Crippen molar-refractivity contribution < 1.29 is 9.53 Å². The van der Waals surface area contributed by atoms with E-state index in [-0.39, 0.29) is 5.97 Å². The van der Waals surface area contributed by atoms with Gasteiger partial charge in [-0.1, -0.05) is 18.2 Å². The van der Waals surface area contributed by atoms with Crippen LogP contribution in [0.4, 0.5) is 5.82 Å². The van der Waals surface area contributed by atoms with Gasteiger partial charge < -0.3 is 15.0 Å². The lowest BCUT2D eigenvalue weighted by Gasteiger charge is -2.09. The van der Waals surface area contributed by atoms with Crippen molar-refractivity contribution in [1.82, 2.24) is 19.9 Å². The molecule has 0 unspecified atom stereocenters. The molecule has 4 rings (SSSR count). The van der Waals surface area contributed by atoms with Crippen molar-refractivity contribution in [3.05, 3.63) is 64.8 Å². The maximum atomic E-state index is 12.4. The molecule has 0 atom stereocenters. The molecule has 0 aliphatic heterocycles. The van der Waals surface area contributed by atoms with Crippen molar-refractivity contribution in [3.8, 4) is 0 Å². The fraction of sp³-hybridized carbons (Fsp3) is 0.238. The van der Waals surface area contributed by atoms with Crippen molar-refractivity contribution in [3.63, 3.8) is 0 Å². The molecule has 154 valence electrons. The lowest BCUT2D eigenvalue weighted by molar-refractivity contribution is 0.0531. The number of esters is 1. The third kappa shape index (κ3) is 4.47. The van der Waals surface area contributed by atoms with Gasteiger partial charge in [0.15, 0.2) is 0 Å². The van der Waals surface area contributed by atoms with Crippen LogP contribution in [0.3, 0.4) is 0 Å². The highest BCUT2D eigenvalue weighted by Gasteiger charge is 2.21. The van der Waals surface area contributed by atoms with Crippen molar-refractivity contribution in [1.29, 1.82) is 0 Å². The number of fused-ring (bicyclic) bond motifs is 1. The Morgan fingerprint density at radius 3 is 2.83 bits per heavy atom. The minimum atomic E-state index is -0.322. The standard InChI is InChI=1S/C21H21N5O2S2/c1-3-28-21(27)18-13(2)17-19(23-10-14-9-22-12-24-14)25-16(26-20(17)30-18)11-29-15-7-5-4-6-8-15/h4-9,12H,3,10-11H2,1-2H3,(H,22,24)(H,23,25,26). The first-order chi connectivity index (χ1) is 14.7. The molecule has 4 aromatic rings. The molecule has 7 nitrogen and oxygen atoms in total. The topological polar surface area (TPSA) is 92.8 Å². The van der Waals surface area contributed by atoms with E-state index in [4.69, 9.17) is 14.7 Å². The normalized spacial score (nSPS) is 11.0. The number of nitrogens with zero attached hydrogens (tertiary/aromatic N) is 3. The molecule has 0 radical (unpaired) electrons. The molecule has 30 heavy (non-hydrogen) atoms. The number of hydrogen-bond donors (Lipinski definition) is 2. The van der Waals surface area contributed by atoms with Crippen LogP contribution in [-0.2, 0) is 17.0 Å². The molecular formula is C21H21N5O2S2. The third-order valence-corrected chi connectivity index (χ3v) is 6.58. The van der Waals surface area contributed by atoms with E-state index in [0.717, 1.165) is 26.4 Å². The van der Waals surface area contributed by atoms with E-state index in [1.165, 1.54) is 11.3 Å². The minimum absolute atomic E-state index is 0.322. The average Bonchev–Trinajstić information content (AvgIpc) is 3.39. The van der Waals surface area contributed by atoms with Crippen molar-refractivity contribution in [2.24, 2.45) is 0 Å². The maximum absolute atomic E-state index is 12.4. The first-order valence-electron chi connectivity index (χ1n) is 9.51. The number of aromatic amines is 1. The second-order valence-corrected chi connectivity index (χ2v) is 8.53. The van der Waals surface area contributed by atoms with Gasteiger partial charge in [-0.25, -0.2) is 19.7 Å². The Bertz CT molecular complexity index is 1140. The van der Waals surface area contributed by atoms with Crippen molar-refractivity contribution in [2.75, 3.05) is 11.9 Å². The summed E-state index contributed by atoms with van der Waals surface area (Å²) >= 11 is 3.03. The Hall–Kier alpha value is -2.91. The quantitative estimate of drug-likeness (QED) is 0.301. The van der Waals surface area contributed by atoms with Crippen LogP contribution in [0.25, 0.3) is 10.2 Å². The molecule has 0 saturated carbocycles. The Morgan fingerprint density at radius 2 is 2.10 bits per heavy atom. The summed E-state index contributed by atoms with van der Waals surface area (Å²) in [4.78, 5) is 31.5. The van der Waals surface area contributed by atoms with Crippen molar-refractivity contribution in [2.45, 2.75) is 31.0 Å². The number of imidazole rings is 1. The van der Waals surface area contributed by atoms with Crippen LogP contribution in [-0.4, -0.2) is 32.5 Å². The minimum Gasteiger partial charge on any atom is -0.462 e. The van der Waals surface area contributed by atoms with E-state index in [9.17, 15) is 4.79 Å². The average molecular weight is 440 g/mol. The number of nitrogens with one attached hydrogen (secondary N) is 2. The first kappa shape index (κ1) is 20.4. The van der Waals surface area contributed by atoms with Crippen LogP contribution in [0.5, 0.6) is 0 Å². The number of anilines is 1. The van der Waals surface area contributed by atoms with Gasteiger partial charge in [0.25, 0.3) is 0 Å². The number of carbonyl (C=O) groups is 1. The van der Waals surface area contributed by atoms with Crippen LogP contribution in [0.1, 0.15) is 33.7 Å². The fourth-order valence-electron chi connectivity index (χ4n) is 2.99. The van der Waals surface area contributed by atoms with Crippen LogP contribution in [0, 0.1) is 6.92 Å². The number of aromatic nitrogens is 4. The molecule has 3 aromatic heterocycles. The predicted octanol–water partition coefficient (Wildman–Crippen LogP) is 4.80. The second kappa shape index (κ2) is 9.27. The summed E-state index contributed by atoms with van der Waals surface area (Å²) in [6, 6.07) is 10.1. The Labute approximate surface area is 182 Å². The summed E-state index contributed by atoms with van der Waals surface area (Å²) in [5, 5.41) is 4.23. The summed E-state index contributed by atoms with van der Waals surface area (Å²) in [5.74, 6) is 1.73. The van der Waals surface area contributed by atoms with Gasteiger partial charge in [0, 0.05) is 11.1 Å². The molecule has 1 aromatic carbocycles. The number of H-pyrrole nitrogens is 1. The highest BCUT2D eigenvalue weighted by Crippen LogP contribution is 2.35. The Morgan fingerprint density at radius 1 is 1.27 bits per heavy atom. The first-order valence-corrected chi connectivity index (χ1v) is 11.3. The van der Waals surface area contributed by atoms with E-state index in [2.05, 4.69) is 27.4 Å². The Kier molecular flexibility index (Phi) is 6.29. The second-order valence-electron chi connectivity index (χ2n) is 6.48. The van der Waals surface area contributed by atoms with Gasteiger partial charge in [-0.2, -0.15) is 0 Å². The molecule has 0 saturated heterocycles. The molecule has 0 bridgehead atoms. The van der Waals surface area contributed by atoms with Gasteiger partial charge in [0.05, 0.1) is 36.3 Å². The molecule has 0 aliphatic rings. The monoisotopic (exact) mass is 439 g/mol. The van der Waals surface area contributed by atoms with Gasteiger partial charge in [-0.05, 0) is 31.5 Å². The van der Waals surface area contributed by atoms with Gasteiger partial charge in [-0.15, -0.1) is 23.1 Å². The van der Waals surface area contributed by atoms with Crippen molar-refractivity contribution >= 4 is 45.1 Å². The molecule has 9 heteroatoms. The number of rotatable bonds is 8. The summed E-state index contributed by atoms with van der Waals surface area (Å²) in [6.45, 7) is 4.59. The number of carbonyl (C=O) groups excluding carboxylic acids is 1. The van der Waals surface area contributed by atoms with Crippen LogP contribution in [0.15, 0.2) is 47.8 Å². The number of thioether (sulfide) groups is 1. The number of benzene rings is 1. The van der Waals surface area contributed by atoms with Gasteiger partial charge in [0.2, 0.25) is 0 Å². The summed E-state index contributed by atoms with van der Waals surface area (Å²) in [7, 11) is 0. The third-order valence-electron chi connectivity index (χ3n) is 4.41. The molecule has 0 fully saturated rings. The van der Waals surface area contributed by atoms with Gasteiger partial charge in [0.1, 0.15) is 21.3 Å². The van der Waals surface area contributed by atoms with E-state index in [1.807, 2.05) is 25.1 Å². The molecule has 3 heterocycles. The molecule has 0 amide bonds. The number of thiophene rings is 1. The number of ether oxygens (including phenoxy) is 1. The van der Waals surface area contributed by atoms with Gasteiger partial charge in [-0.3, -0.25) is 0 Å². The lowest BCUT2D eigenvalue weighted by Crippen LogP contribution is -2.06. The molecular weight excluding hydrogens is 418 g/mol. The highest BCUT2D eigenvalue weighted by atomic mass is 32.2. The predicted molar refractivity (Wildman–Crippen MR) is 120 cm³/mol. The van der Waals surface area contributed by atoms with Crippen LogP contribution >= 0.6 is 23.1 Å². The smallest absolute Gasteiger partial charge is 0.348 e. The number of aryl methyl sites for hydroxylation is 1. The zero-order valence-electron chi connectivity index (χ0n) is 16.6. The highest BCUT2D eigenvalue weighted by molar-refractivity contribution is 7.98. The largest absolute Gasteiger partial charge is 0.462 e. The Balaban J connectivity index is 1.68. The molecule has 0 aliphatic carbocycles. The molecule has 0 spiro atoms. The van der Waals surface area contributed by atoms with E-state index < -0.39 is 0 Å². The molecule has 2 N–H and O–H groups in total. The lowest BCUT2D eigenvalue weighted by atomic mass is 10.2.